The monoisotopic (exact) mass is 276 g/mol. The third kappa shape index (κ3) is 2.05. The third-order valence-corrected chi connectivity index (χ3v) is 3.03. The number of nitrogens with zero attached hydrogens (tertiary/aromatic N) is 1. The molecule has 2 N–H and O–H groups in total. The van der Waals surface area contributed by atoms with Crippen molar-refractivity contribution >= 4 is 16.8 Å². The van der Waals surface area contributed by atoms with Gasteiger partial charge in [-0.25, -0.2) is 13.6 Å². The normalized spacial score (nSPS) is 11.1. The van der Waals surface area contributed by atoms with Gasteiger partial charge >= 0.3 is 5.76 Å². The van der Waals surface area contributed by atoms with Crippen molar-refractivity contribution in [3.05, 3.63) is 64.1 Å². The minimum absolute atomic E-state index is 0.0756. The molecule has 0 saturated carbocycles. The molecule has 0 fully saturated rings. The summed E-state index contributed by atoms with van der Waals surface area (Å²) in [4.78, 5) is 11.8. The molecule has 0 unspecified atom stereocenters. The molecule has 0 atom stereocenters. The molecule has 0 spiro atoms. The lowest BCUT2D eigenvalue weighted by molar-refractivity contribution is 0.510. The first-order valence-corrected chi connectivity index (χ1v) is 5.87. The fourth-order valence-electron chi connectivity index (χ4n) is 2.07. The summed E-state index contributed by atoms with van der Waals surface area (Å²) in [5.74, 6) is -1.79. The Morgan fingerprint density at radius 1 is 1.15 bits per heavy atom. The van der Waals surface area contributed by atoms with Gasteiger partial charge in [0.2, 0.25) is 0 Å². The number of halogens is 2. The van der Waals surface area contributed by atoms with Crippen molar-refractivity contribution in [3.8, 4) is 0 Å². The predicted octanol–water partition coefficient (Wildman–Crippen LogP) is 2.50. The number of benzene rings is 2. The first kappa shape index (κ1) is 12.4. The van der Waals surface area contributed by atoms with E-state index in [9.17, 15) is 13.6 Å². The molecular weight excluding hydrogens is 266 g/mol. The lowest BCUT2D eigenvalue weighted by Crippen LogP contribution is -2.15. The maximum Gasteiger partial charge on any atom is 0.420 e. The molecular formula is C14H10F2N2O2. The Bertz CT molecular complexity index is 852. The second-order valence-corrected chi connectivity index (χ2v) is 4.42. The maximum absolute atomic E-state index is 13.6. The average Bonchev–Trinajstić information content (AvgIpc) is 2.69. The number of hydrogen-bond donors (Lipinski definition) is 1. The molecule has 20 heavy (non-hydrogen) atoms. The molecule has 1 heterocycles. The highest BCUT2D eigenvalue weighted by Gasteiger charge is 2.12. The van der Waals surface area contributed by atoms with Crippen LogP contribution in [0.5, 0.6) is 0 Å². The standard InChI is InChI=1S/C14H10F2N2O2/c15-9-1-3-11(16)8(5-9)7-18-12-4-2-10(17)6-13(12)20-14(18)19/h1-6H,7,17H2. The van der Waals surface area contributed by atoms with E-state index in [1.807, 2.05) is 0 Å². The number of aromatic nitrogens is 1. The van der Waals surface area contributed by atoms with Gasteiger partial charge in [-0.05, 0) is 30.3 Å². The van der Waals surface area contributed by atoms with Crippen molar-refractivity contribution in [2.45, 2.75) is 6.54 Å². The number of hydrogen-bond acceptors (Lipinski definition) is 3. The van der Waals surface area contributed by atoms with Crippen LogP contribution in [0.25, 0.3) is 11.1 Å². The molecule has 0 aliphatic heterocycles. The summed E-state index contributed by atoms with van der Waals surface area (Å²) in [6.07, 6.45) is 0. The second kappa shape index (κ2) is 4.48. The molecule has 3 rings (SSSR count). The minimum Gasteiger partial charge on any atom is -0.408 e. The Balaban J connectivity index is 2.13. The van der Waals surface area contributed by atoms with Crippen LogP contribution in [-0.4, -0.2) is 4.57 Å². The zero-order chi connectivity index (χ0) is 14.3. The van der Waals surface area contributed by atoms with Crippen LogP contribution in [0, 0.1) is 11.6 Å². The molecule has 0 saturated heterocycles. The lowest BCUT2D eigenvalue weighted by atomic mass is 10.2. The van der Waals surface area contributed by atoms with E-state index < -0.39 is 17.4 Å². The van der Waals surface area contributed by atoms with Gasteiger partial charge in [-0.3, -0.25) is 4.57 Å². The highest BCUT2D eigenvalue weighted by Crippen LogP contribution is 2.18. The lowest BCUT2D eigenvalue weighted by Gasteiger charge is -2.04. The Hall–Kier alpha value is -2.63. The number of nitrogen functional groups attached to an aromatic ring is 1. The van der Waals surface area contributed by atoms with Crippen molar-refractivity contribution in [1.82, 2.24) is 4.57 Å². The number of oxazole rings is 1. The first-order chi connectivity index (χ1) is 9.54. The Morgan fingerprint density at radius 2 is 1.95 bits per heavy atom. The molecule has 2 aromatic carbocycles. The van der Waals surface area contributed by atoms with Crippen molar-refractivity contribution < 1.29 is 13.2 Å². The summed E-state index contributed by atoms with van der Waals surface area (Å²) in [6, 6.07) is 7.82. The van der Waals surface area contributed by atoms with Crippen LogP contribution in [0.15, 0.2) is 45.6 Å². The number of fused-ring (bicyclic) bond motifs is 1. The van der Waals surface area contributed by atoms with Gasteiger partial charge in [-0.15, -0.1) is 0 Å². The van der Waals surface area contributed by atoms with Crippen molar-refractivity contribution in [2.75, 3.05) is 5.73 Å². The largest absolute Gasteiger partial charge is 0.420 e. The van der Waals surface area contributed by atoms with Gasteiger partial charge in [0, 0.05) is 17.3 Å². The van der Waals surface area contributed by atoms with Crippen LogP contribution in [0.2, 0.25) is 0 Å². The SMILES string of the molecule is Nc1ccc2c(c1)oc(=O)n2Cc1cc(F)ccc1F. The van der Waals surface area contributed by atoms with Gasteiger partial charge in [-0.1, -0.05) is 0 Å². The van der Waals surface area contributed by atoms with Gasteiger partial charge in [-0.2, -0.15) is 0 Å². The average molecular weight is 276 g/mol. The van der Waals surface area contributed by atoms with Crippen LogP contribution >= 0.6 is 0 Å². The fraction of sp³-hybridized carbons (Fsp3) is 0.0714. The van der Waals surface area contributed by atoms with Crippen LogP contribution in [0.3, 0.4) is 0 Å². The number of anilines is 1. The van der Waals surface area contributed by atoms with E-state index in [1.54, 1.807) is 12.1 Å². The Morgan fingerprint density at radius 3 is 2.75 bits per heavy atom. The molecule has 0 aliphatic carbocycles. The van der Waals surface area contributed by atoms with E-state index in [-0.39, 0.29) is 12.1 Å². The Kier molecular flexibility index (Phi) is 2.78. The smallest absolute Gasteiger partial charge is 0.408 e. The molecule has 6 heteroatoms. The molecule has 0 radical (unpaired) electrons. The predicted molar refractivity (Wildman–Crippen MR) is 70.3 cm³/mol. The van der Waals surface area contributed by atoms with E-state index in [0.29, 0.717) is 16.8 Å². The molecule has 0 aliphatic rings. The van der Waals surface area contributed by atoms with E-state index >= 15 is 0 Å². The molecule has 0 bridgehead atoms. The molecule has 0 amide bonds. The van der Waals surface area contributed by atoms with Crippen molar-refractivity contribution in [3.63, 3.8) is 0 Å². The van der Waals surface area contributed by atoms with Gasteiger partial charge in [0.05, 0.1) is 12.1 Å². The van der Waals surface area contributed by atoms with Crippen LogP contribution in [0.4, 0.5) is 14.5 Å². The fourth-order valence-corrected chi connectivity index (χ4v) is 2.07. The van der Waals surface area contributed by atoms with Gasteiger partial charge in [0.1, 0.15) is 11.6 Å². The number of nitrogens with two attached hydrogens (primary N) is 1. The van der Waals surface area contributed by atoms with Crippen molar-refractivity contribution in [2.24, 2.45) is 0 Å². The highest BCUT2D eigenvalue weighted by atomic mass is 19.1. The van der Waals surface area contributed by atoms with Crippen molar-refractivity contribution in [1.29, 1.82) is 0 Å². The van der Waals surface area contributed by atoms with Gasteiger partial charge < -0.3 is 10.2 Å². The molecule has 4 nitrogen and oxygen atoms in total. The van der Waals surface area contributed by atoms with Gasteiger partial charge in [0.25, 0.3) is 0 Å². The van der Waals surface area contributed by atoms with Crippen LogP contribution in [-0.2, 0) is 6.54 Å². The summed E-state index contributed by atoms with van der Waals surface area (Å²) < 4.78 is 33.0. The van der Waals surface area contributed by atoms with E-state index in [1.165, 1.54) is 10.6 Å². The summed E-state index contributed by atoms with van der Waals surface area (Å²) in [5, 5.41) is 0. The van der Waals surface area contributed by atoms with E-state index in [2.05, 4.69) is 0 Å². The van der Waals surface area contributed by atoms with Crippen LogP contribution < -0.4 is 11.5 Å². The zero-order valence-corrected chi connectivity index (χ0v) is 10.3. The topological polar surface area (TPSA) is 61.2 Å². The van der Waals surface area contributed by atoms with E-state index in [4.69, 9.17) is 10.2 Å². The van der Waals surface area contributed by atoms with Crippen LogP contribution in [0.1, 0.15) is 5.56 Å². The molecule has 1 aromatic heterocycles. The van der Waals surface area contributed by atoms with Gasteiger partial charge in [0.15, 0.2) is 5.58 Å². The second-order valence-electron chi connectivity index (χ2n) is 4.42. The minimum atomic E-state index is -0.644. The highest BCUT2D eigenvalue weighted by molar-refractivity contribution is 5.76. The third-order valence-electron chi connectivity index (χ3n) is 3.03. The Labute approximate surface area is 112 Å². The molecule has 3 aromatic rings. The summed E-state index contributed by atoms with van der Waals surface area (Å²) in [6.45, 7) is -0.112. The summed E-state index contributed by atoms with van der Waals surface area (Å²) in [5.41, 5.74) is 6.92. The summed E-state index contributed by atoms with van der Waals surface area (Å²) >= 11 is 0. The first-order valence-electron chi connectivity index (χ1n) is 5.87. The maximum atomic E-state index is 13.6. The van der Waals surface area contributed by atoms with E-state index in [0.717, 1.165) is 18.2 Å². The zero-order valence-electron chi connectivity index (χ0n) is 10.3. The number of rotatable bonds is 2. The summed E-state index contributed by atoms with van der Waals surface area (Å²) in [7, 11) is 0. The molecule has 102 valence electrons. The quantitative estimate of drug-likeness (QED) is 0.731.